The normalized spacial score (nSPS) is 13.0. The summed E-state index contributed by atoms with van der Waals surface area (Å²) in [5.41, 5.74) is 4.60. The molecule has 9 nitrogen and oxygen atoms in total. The number of fused-ring (bicyclic) bond motifs is 3. The number of hydrogen-bond acceptors (Lipinski definition) is 5. The Hall–Kier alpha value is -4.14. The van der Waals surface area contributed by atoms with Gasteiger partial charge < -0.3 is 15.2 Å². The van der Waals surface area contributed by atoms with E-state index in [0.29, 0.717) is 12.8 Å². The molecule has 0 spiro atoms. The molecule has 1 atom stereocenters. The van der Waals surface area contributed by atoms with E-state index in [0.717, 1.165) is 22.3 Å². The maximum absolute atomic E-state index is 12.5. The molecule has 1 aliphatic carbocycles. The molecule has 3 aromatic rings. The van der Waals surface area contributed by atoms with Crippen LogP contribution in [0.5, 0.6) is 0 Å². The SMILES string of the molecule is CCC[C@@H](NC(=O)c1cc(NC(=O)OCC2c3ccccc3-c3ccccc32)nn1C)C(=O)O. The smallest absolute Gasteiger partial charge is 0.412 e. The highest BCUT2D eigenvalue weighted by atomic mass is 16.5. The van der Waals surface area contributed by atoms with Crippen LogP contribution in [-0.2, 0) is 16.6 Å². The van der Waals surface area contributed by atoms with Gasteiger partial charge in [-0.15, -0.1) is 0 Å². The lowest BCUT2D eigenvalue weighted by atomic mass is 9.98. The number of anilines is 1. The highest BCUT2D eigenvalue weighted by Gasteiger charge is 2.29. The molecule has 0 saturated heterocycles. The molecule has 0 saturated carbocycles. The lowest BCUT2D eigenvalue weighted by molar-refractivity contribution is -0.139. The Morgan fingerprint density at radius 3 is 2.29 bits per heavy atom. The number of aliphatic carboxylic acids is 1. The first-order chi connectivity index (χ1) is 16.4. The molecule has 1 aromatic heterocycles. The van der Waals surface area contributed by atoms with Crippen LogP contribution in [0.15, 0.2) is 54.6 Å². The number of ether oxygens (including phenoxy) is 1. The van der Waals surface area contributed by atoms with E-state index in [-0.39, 0.29) is 24.0 Å². The van der Waals surface area contributed by atoms with Crippen molar-refractivity contribution < 1.29 is 24.2 Å². The molecule has 1 heterocycles. The molecule has 2 amide bonds. The molecule has 0 bridgehead atoms. The molecule has 176 valence electrons. The van der Waals surface area contributed by atoms with Gasteiger partial charge in [-0.3, -0.25) is 14.8 Å². The molecule has 0 unspecified atom stereocenters. The number of nitrogens with one attached hydrogen (secondary N) is 2. The minimum atomic E-state index is -1.10. The van der Waals surface area contributed by atoms with Crippen molar-refractivity contribution in [2.75, 3.05) is 11.9 Å². The Labute approximate surface area is 196 Å². The Bertz CT molecular complexity index is 1190. The zero-order valence-corrected chi connectivity index (χ0v) is 18.9. The van der Waals surface area contributed by atoms with Gasteiger partial charge in [-0.25, -0.2) is 9.59 Å². The number of nitrogens with zero attached hydrogens (tertiary/aromatic N) is 2. The van der Waals surface area contributed by atoms with Crippen LogP contribution in [0, 0.1) is 0 Å². The second-order valence-electron chi connectivity index (χ2n) is 8.14. The number of rotatable bonds is 8. The van der Waals surface area contributed by atoms with E-state index in [4.69, 9.17) is 4.74 Å². The van der Waals surface area contributed by atoms with Crippen molar-refractivity contribution in [3.63, 3.8) is 0 Å². The number of carbonyl (C=O) groups excluding carboxylic acids is 2. The average Bonchev–Trinajstić information content (AvgIpc) is 3.34. The Kier molecular flexibility index (Phi) is 6.62. The number of benzene rings is 2. The van der Waals surface area contributed by atoms with Crippen LogP contribution >= 0.6 is 0 Å². The fraction of sp³-hybridized carbons (Fsp3) is 0.280. The van der Waals surface area contributed by atoms with Gasteiger partial charge in [0.25, 0.3) is 5.91 Å². The molecule has 3 N–H and O–H groups in total. The maximum atomic E-state index is 12.5. The summed E-state index contributed by atoms with van der Waals surface area (Å²) in [6.45, 7) is 1.99. The number of aromatic nitrogens is 2. The van der Waals surface area contributed by atoms with Crippen molar-refractivity contribution in [2.45, 2.75) is 31.7 Å². The second-order valence-corrected chi connectivity index (χ2v) is 8.14. The van der Waals surface area contributed by atoms with Gasteiger partial charge in [-0.05, 0) is 28.7 Å². The number of hydrogen-bond donors (Lipinski definition) is 3. The van der Waals surface area contributed by atoms with Crippen LogP contribution in [-0.4, -0.2) is 45.5 Å². The molecule has 0 radical (unpaired) electrons. The summed E-state index contributed by atoms with van der Waals surface area (Å²) in [6, 6.07) is 16.5. The van der Waals surface area contributed by atoms with Gasteiger partial charge in [0.05, 0.1) is 0 Å². The molecule has 34 heavy (non-hydrogen) atoms. The first kappa shape index (κ1) is 23.0. The van der Waals surface area contributed by atoms with E-state index in [9.17, 15) is 19.5 Å². The van der Waals surface area contributed by atoms with Gasteiger partial charge in [0.15, 0.2) is 5.82 Å². The number of aryl methyl sites for hydroxylation is 1. The number of carboxylic acids is 1. The summed E-state index contributed by atoms with van der Waals surface area (Å²) < 4.78 is 6.78. The van der Waals surface area contributed by atoms with Crippen LogP contribution in [0.1, 0.15) is 47.3 Å². The van der Waals surface area contributed by atoms with E-state index in [1.165, 1.54) is 17.8 Å². The highest BCUT2D eigenvalue weighted by molar-refractivity contribution is 5.96. The van der Waals surface area contributed by atoms with E-state index in [1.54, 1.807) is 0 Å². The third kappa shape index (κ3) is 4.63. The quantitative estimate of drug-likeness (QED) is 0.468. The third-order valence-electron chi connectivity index (χ3n) is 5.87. The minimum absolute atomic E-state index is 0.0743. The summed E-state index contributed by atoms with van der Waals surface area (Å²) in [5, 5.41) is 18.4. The van der Waals surface area contributed by atoms with Gasteiger partial charge >= 0.3 is 12.1 Å². The van der Waals surface area contributed by atoms with E-state index < -0.39 is 24.0 Å². The first-order valence-corrected chi connectivity index (χ1v) is 11.1. The van der Waals surface area contributed by atoms with Crippen LogP contribution in [0.4, 0.5) is 10.6 Å². The molecule has 0 aliphatic heterocycles. The Balaban J connectivity index is 1.40. The largest absolute Gasteiger partial charge is 0.480 e. The van der Waals surface area contributed by atoms with E-state index in [2.05, 4.69) is 27.9 Å². The molecular weight excluding hydrogens is 436 g/mol. The lowest BCUT2D eigenvalue weighted by Gasteiger charge is -2.14. The molecule has 9 heteroatoms. The van der Waals surface area contributed by atoms with E-state index in [1.807, 2.05) is 43.3 Å². The monoisotopic (exact) mass is 462 g/mol. The van der Waals surface area contributed by atoms with Crippen molar-refractivity contribution in [1.29, 1.82) is 0 Å². The zero-order valence-electron chi connectivity index (χ0n) is 18.9. The van der Waals surface area contributed by atoms with Gasteiger partial charge in [-0.2, -0.15) is 5.10 Å². The van der Waals surface area contributed by atoms with Gasteiger partial charge in [0.2, 0.25) is 0 Å². The molecule has 0 fully saturated rings. The Morgan fingerprint density at radius 1 is 1.09 bits per heavy atom. The standard InChI is InChI=1S/C25H26N4O5/c1-3-8-20(24(31)32)26-23(30)21-13-22(28-29(21)2)27-25(33)34-14-19-17-11-6-4-9-15(17)16-10-5-7-12-18(16)19/h4-7,9-13,19-20H,3,8,14H2,1-2H3,(H,26,30)(H,31,32)(H,27,28,33)/t20-/m1/s1. The fourth-order valence-electron chi connectivity index (χ4n) is 4.26. The molecule has 1 aliphatic rings. The van der Waals surface area contributed by atoms with Gasteiger partial charge in [-0.1, -0.05) is 61.9 Å². The summed E-state index contributed by atoms with van der Waals surface area (Å²) in [7, 11) is 1.54. The van der Waals surface area contributed by atoms with Crippen molar-refractivity contribution in [3.8, 4) is 11.1 Å². The van der Waals surface area contributed by atoms with Crippen LogP contribution in [0.2, 0.25) is 0 Å². The van der Waals surface area contributed by atoms with Crippen molar-refractivity contribution >= 4 is 23.8 Å². The number of carbonyl (C=O) groups is 3. The first-order valence-electron chi connectivity index (χ1n) is 11.1. The summed E-state index contributed by atoms with van der Waals surface area (Å²) in [4.78, 5) is 36.3. The minimum Gasteiger partial charge on any atom is -0.480 e. The topological polar surface area (TPSA) is 123 Å². The van der Waals surface area contributed by atoms with Gasteiger partial charge in [0, 0.05) is 19.0 Å². The zero-order chi connectivity index (χ0) is 24.2. The van der Waals surface area contributed by atoms with Crippen molar-refractivity contribution in [3.05, 3.63) is 71.4 Å². The summed E-state index contributed by atoms with van der Waals surface area (Å²) in [6.07, 6.45) is 0.224. The fourth-order valence-corrected chi connectivity index (χ4v) is 4.26. The van der Waals surface area contributed by atoms with Gasteiger partial charge in [0.1, 0.15) is 18.3 Å². The van der Waals surface area contributed by atoms with E-state index >= 15 is 0 Å². The maximum Gasteiger partial charge on any atom is 0.412 e. The predicted molar refractivity (Wildman–Crippen MR) is 126 cm³/mol. The highest BCUT2D eigenvalue weighted by Crippen LogP contribution is 2.44. The van der Waals surface area contributed by atoms with Crippen molar-refractivity contribution in [2.24, 2.45) is 7.05 Å². The summed E-state index contributed by atoms with van der Waals surface area (Å²) in [5.74, 6) is -1.63. The number of carboxylic acid groups (broad SMARTS) is 1. The average molecular weight is 463 g/mol. The molecular formula is C25H26N4O5. The summed E-state index contributed by atoms with van der Waals surface area (Å²) >= 11 is 0. The van der Waals surface area contributed by atoms with Crippen molar-refractivity contribution in [1.82, 2.24) is 15.1 Å². The Morgan fingerprint density at radius 2 is 1.71 bits per heavy atom. The number of amides is 2. The second kappa shape index (κ2) is 9.78. The molecule has 2 aromatic carbocycles. The third-order valence-corrected chi connectivity index (χ3v) is 5.87. The van der Waals surface area contributed by atoms with Crippen LogP contribution < -0.4 is 10.6 Å². The van der Waals surface area contributed by atoms with Crippen LogP contribution in [0.25, 0.3) is 11.1 Å². The lowest BCUT2D eigenvalue weighted by Crippen LogP contribution is -2.41. The molecule has 4 rings (SSSR count). The predicted octanol–water partition coefficient (Wildman–Crippen LogP) is 3.76. The van der Waals surface area contributed by atoms with Crippen LogP contribution in [0.3, 0.4) is 0 Å².